The molecule has 0 fully saturated rings. The maximum Gasteiger partial charge on any atom is 0.0865 e. The molecule has 2 rings (SSSR count). The van der Waals surface area contributed by atoms with Gasteiger partial charge in [0.1, 0.15) is 0 Å². The first-order valence-electron chi connectivity index (χ1n) is 5.93. The van der Waals surface area contributed by atoms with Crippen LogP contribution in [0.15, 0.2) is 18.2 Å². The van der Waals surface area contributed by atoms with E-state index in [2.05, 4.69) is 33.0 Å². The third-order valence-corrected chi connectivity index (χ3v) is 4.31. The highest BCUT2D eigenvalue weighted by Gasteiger charge is 2.12. The highest BCUT2D eigenvalue weighted by molar-refractivity contribution is 14.1. The number of hydrogen-bond donors (Lipinski definition) is 1. The number of aromatic nitrogens is 2. The number of nitrogens with one attached hydrogen (secondary N) is 1. The number of nitrogens with zero attached hydrogens (tertiary/aromatic N) is 2. The van der Waals surface area contributed by atoms with Gasteiger partial charge in [-0.3, -0.25) is 4.68 Å². The first-order valence-corrected chi connectivity index (χ1v) is 7.77. The standard InChI is InChI=1S/C13H14Cl2IN3/c1-3-19-12(13(15)8(2)18-19)7-17-11-5-4-9(16)6-10(11)14/h4-6,17H,3,7H2,1-2H3. The van der Waals surface area contributed by atoms with Gasteiger partial charge in [-0.2, -0.15) is 5.10 Å². The molecule has 6 heteroatoms. The summed E-state index contributed by atoms with van der Waals surface area (Å²) in [5.74, 6) is 0. The lowest BCUT2D eigenvalue weighted by atomic mass is 10.3. The highest BCUT2D eigenvalue weighted by atomic mass is 127. The Kier molecular flexibility index (Phi) is 4.97. The van der Waals surface area contributed by atoms with E-state index < -0.39 is 0 Å². The van der Waals surface area contributed by atoms with Crippen molar-refractivity contribution in [1.29, 1.82) is 0 Å². The number of hydrogen-bond acceptors (Lipinski definition) is 2. The Balaban J connectivity index is 2.18. The molecule has 19 heavy (non-hydrogen) atoms. The fourth-order valence-electron chi connectivity index (χ4n) is 1.85. The summed E-state index contributed by atoms with van der Waals surface area (Å²) in [4.78, 5) is 0. The Labute approximate surface area is 136 Å². The van der Waals surface area contributed by atoms with Gasteiger partial charge in [-0.15, -0.1) is 0 Å². The van der Waals surface area contributed by atoms with Crippen LogP contribution in [0, 0.1) is 10.5 Å². The zero-order valence-electron chi connectivity index (χ0n) is 10.7. The lowest BCUT2D eigenvalue weighted by molar-refractivity contribution is 0.623. The van der Waals surface area contributed by atoms with Crippen molar-refractivity contribution >= 4 is 51.5 Å². The third-order valence-electron chi connectivity index (χ3n) is 2.83. The molecule has 0 bridgehead atoms. The van der Waals surface area contributed by atoms with E-state index in [1.165, 1.54) is 0 Å². The molecule has 0 unspecified atom stereocenters. The van der Waals surface area contributed by atoms with Crippen molar-refractivity contribution in [3.8, 4) is 0 Å². The number of aryl methyl sites for hydroxylation is 2. The molecule has 0 atom stereocenters. The van der Waals surface area contributed by atoms with E-state index in [-0.39, 0.29) is 0 Å². The van der Waals surface area contributed by atoms with Crippen LogP contribution in [0.5, 0.6) is 0 Å². The fraction of sp³-hybridized carbons (Fsp3) is 0.308. The van der Waals surface area contributed by atoms with Crippen molar-refractivity contribution < 1.29 is 0 Å². The monoisotopic (exact) mass is 409 g/mol. The summed E-state index contributed by atoms with van der Waals surface area (Å²) in [5, 5.41) is 9.12. The van der Waals surface area contributed by atoms with Gasteiger partial charge >= 0.3 is 0 Å². The van der Waals surface area contributed by atoms with Crippen molar-refractivity contribution in [2.75, 3.05) is 5.32 Å². The summed E-state index contributed by atoms with van der Waals surface area (Å²) >= 11 is 14.7. The van der Waals surface area contributed by atoms with E-state index in [4.69, 9.17) is 23.2 Å². The zero-order chi connectivity index (χ0) is 14.0. The van der Waals surface area contributed by atoms with Crippen LogP contribution >= 0.6 is 45.8 Å². The topological polar surface area (TPSA) is 29.9 Å². The number of halogens is 3. The Morgan fingerprint density at radius 3 is 2.74 bits per heavy atom. The van der Waals surface area contributed by atoms with Gasteiger partial charge in [0.15, 0.2) is 0 Å². The van der Waals surface area contributed by atoms with Crippen LogP contribution in [0.2, 0.25) is 10.0 Å². The molecule has 0 amide bonds. The summed E-state index contributed by atoms with van der Waals surface area (Å²) in [5.41, 5.74) is 2.74. The van der Waals surface area contributed by atoms with E-state index in [1.807, 2.05) is 36.7 Å². The Morgan fingerprint density at radius 2 is 2.11 bits per heavy atom. The molecule has 102 valence electrons. The van der Waals surface area contributed by atoms with Gasteiger partial charge < -0.3 is 5.32 Å². The minimum atomic E-state index is 0.605. The summed E-state index contributed by atoms with van der Waals surface area (Å²) in [6.45, 7) is 5.36. The molecule has 0 aliphatic heterocycles. The largest absolute Gasteiger partial charge is 0.378 e. The van der Waals surface area contributed by atoms with Gasteiger partial charge in [-0.05, 0) is 54.6 Å². The van der Waals surface area contributed by atoms with Gasteiger partial charge in [0, 0.05) is 10.1 Å². The second-order valence-corrected chi connectivity index (χ2v) is 6.17. The van der Waals surface area contributed by atoms with Crippen LogP contribution in [0.1, 0.15) is 18.3 Å². The molecule has 1 aromatic heterocycles. The number of anilines is 1. The van der Waals surface area contributed by atoms with Crippen LogP contribution in [-0.4, -0.2) is 9.78 Å². The van der Waals surface area contributed by atoms with Crippen LogP contribution in [0.4, 0.5) is 5.69 Å². The van der Waals surface area contributed by atoms with Crippen molar-refractivity contribution in [2.24, 2.45) is 0 Å². The first kappa shape index (κ1) is 14.9. The Hall–Kier alpha value is -0.460. The Morgan fingerprint density at radius 1 is 1.37 bits per heavy atom. The smallest absolute Gasteiger partial charge is 0.0865 e. The first-order chi connectivity index (χ1) is 9.02. The molecule has 1 heterocycles. The van der Waals surface area contributed by atoms with E-state index >= 15 is 0 Å². The quantitative estimate of drug-likeness (QED) is 0.739. The SMILES string of the molecule is CCn1nc(C)c(Cl)c1CNc1ccc(I)cc1Cl. The second kappa shape index (κ2) is 6.33. The highest BCUT2D eigenvalue weighted by Crippen LogP contribution is 2.26. The van der Waals surface area contributed by atoms with Gasteiger partial charge in [0.05, 0.1) is 33.7 Å². The molecule has 0 aliphatic rings. The van der Waals surface area contributed by atoms with Crippen LogP contribution in [0.3, 0.4) is 0 Å². The lowest BCUT2D eigenvalue weighted by Crippen LogP contribution is -2.08. The molecule has 0 spiro atoms. The van der Waals surface area contributed by atoms with Gasteiger partial charge in [-0.25, -0.2) is 0 Å². The van der Waals surface area contributed by atoms with Crippen LogP contribution in [-0.2, 0) is 13.1 Å². The fourth-order valence-corrected chi connectivity index (χ4v) is 2.97. The van der Waals surface area contributed by atoms with E-state index in [9.17, 15) is 0 Å². The van der Waals surface area contributed by atoms with E-state index in [0.717, 1.165) is 32.2 Å². The van der Waals surface area contributed by atoms with Gasteiger partial charge in [-0.1, -0.05) is 23.2 Å². The van der Waals surface area contributed by atoms with Crippen molar-refractivity contribution in [3.63, 3.8) is 0 Å². The van der Waals surface area contributed by atoms with Gasteiger partial charge in [0.2, 0.25) is 0 Å². The molecule has 0 aliphatic carbocycles. The maximum absolute atomic E-state index is 6.27. The average molecular weight is 410 g/mol. The number of rotatable bonds is 4. The predicted molar refractivity (Wildman–Crippen MR) is 89.1 cm³/mol. The molecule has 0 saturated heterocycles. The molecule has 0 saturated carbocycles. The molecule has 2 aromatic rings. The van der Waals surface area contributed by atoms with Crippen LogP contribution < -0.4 is 5.32 Å². The minimum Gasteiger partial charge on any atom is -0.378 e. The zero-order valence-corrected chi connectivity index (χ0v) is 14.3. The molecular weight excluding hydrogens is 396 g/mol. The molecule has 3 nitrogen and oxygen atoms in total. The molecule has 1 aromatic carbocycles. The lowest BCUT2D eigenvalue weighted by Gasteiger charge is -2.10. The summed E-state index contributed by atoms with van der Waals surface area (Å²) < 4.78 is 3.02. The normalized spacial score (nSPS) is 10.8. The summed E-state index contributed by atoms with van der Waals surface area (Å²) in [6.07, 6.45) is 0. The van der Waals surface area contributed by atoms with Crippen molar-refractivity contribution in [2.45, 2.75) is 26.9 Å². The van der Waals surface area contributed by atoms with Crippen molar-refractivity contribution in [3.05, 3.63) is 43.2 Å². The molecule has 1 N–H and O–H groups in total. The Bertz CT molecular complexity index is 596. The molecular formula is C13H14Cl2IN3. The van der Waals surface area contributed by atoms with E-state index in [1.54, 1.807) is 0 Å². The summed E-state index contributed by atoms with van der Waals surface area (Å²) in [7, 11) is 0. The van der Waals surface area contributed by atoms with E-state index in [0.29, 0.717) is 11.6 Å². The van der Waals surface area contributed by atoms with Crippen LogP contribution in [0.25, 0.3) is 0 Å². The van der Waals surface area contributed by atoms with Crippen molar-refractivity contribution in [1.82, 2.24) is 9.78 Å². The number of benzene rings is 1. The third kappa shape index (κ3) is 3.35. The predicted octanol–water partition coefficient (Wildman–Crippen LogP) is 4.73. The second-order valence-electron chi connectivity index (χ2n) is 4.14. The average Bonchev–Trinajstić information content (AvgIpc) is 2.65. The summed E-state index contributed by atoms with van der Waals surface area (Å²) in [6, 6.07) is 5.91. The molecule has 0 radical (unpaired) electrons. The minimum absolute atomic E-state index is 0.605. The maximum atomic E-state index is 6.27. The van der Waals surface area contributed by atoms with Gasteiger partial charge in [0.25, 0.3) is 0 Å².